The van der Waals surface area contributed by atoms with Gasteiger partial charge in [0, 0.05) is 11.5 Å². The Hall–Kier alpha value is -3.41. The standard InChI is InChI=1S/C24H24N2O4/c1-14(2)16-6-8-18(9-7-16)24(4)22(28)26(23(29)25-24)13-17-12-21(27)30-20-11-15(3)5-10-19(17)20/h5-12,14H,13H2,1-4H3,(H,25,29)/t24-/m1/s1. The maximum Gasteiger partial charge on any atom is 0.336 e. The first-order valence-corrected chi connectivity index (χ1v) is 9.97. The minimum atomic E-state index is -1.15. The van der Waals surface area contributed by atoms with Gasteiger partial charge in [0.25, 0.3) is 5.91 Å². The summed E-state index contributed by atoms with van der Waals surface area (Å²) in [6.45, 7) is 7.81. The highest BCUT2D eigenvalue weighted by Crippen LogP contribution is 2.31. The van der Waals surface area contributed by atoms with Gasteiger partial charge in [-0.15, -0.1) is 0 Å². The normalized spacial score (nSPS) is 19.0. The molecule has 3 amide bonds. The number of benzene rings is 2. The molecule has 1 N–H and O–H groups in total. The first-order valence-electron chi connectivity index (χ1n) is 9.97. The fraction of sp³-hybridized carbons (Fsp3) is 0.292. The lowest BCUT2D eigenvalue weighted by Crippen LogP contribution is -2.40. The van der Waals surface area contributed by atoms with Gasteiger partial charge in [0.1, 0.15) is 11.1 Å². The summed E-state index contributed by atoms with van der Waals surface area (Å²) in [5, 5.41) is 3.53. The van der Waals surface area contributed by atoms with Crippen LogP contribution in [0.1, 0.15) is 48.9 Å². The SMILES string of the molecule is Cc1ccc2c(CN3C(=O)N[C@](C)(c4ccc(C(C)C)cc4)C3=O)cc(=O)oc2c1. The van der Waals surface area contributed by atoms with Crippen LogP contribution in [0, 0.1) is 6.92 Å². The number of imide groups is 1. The maximum atomic E-state index is 13.3. The molecule has 6 heteroatoms. The largest absolute Gasteiger partial charge is 0.423 e. The van der Waals surface area contributed by atoms with E-state index in [-0.39, 0.29) is 12.5 Å². The van der Waals surface area contributed by atoms with Gasteiger partial charge in [-0.05, 0) is 48.1 Å². The third-order valence-corrected chi connectivity index (χ3v) is 5.74. The molecule has 1 aromatic heterocycles. The second kappa shape index (κ2) is 7.13. The van der Waals surface area contributed by atoms with Crippen molar-refractivity contribution in [1.82, 2.24) is 10.2 Å². The molecule has 3 aromatic rings. The molecule has 1 aliphatic heterocycles. The molecule has 2 aromatic carbocycles. The molecule has 0 radical (unpaired) electrons. The second-order valence-electron chi connectivity index (χ2n) is 8.31. The molecular weight excluding hydrogens is 380 g/mol. The van der Waals surface area contributed by atoms with Crippen LogP contribution in [0.2, 0.25) is 0 Å². The fourth-order valence-corrected chi connectivity index (χ4v) is 3.88. The summed E-state index contributed by atoms with van der Waals surface area (Å²) in [6.07, 6.45) is 0. The van der Waals surface area contributed by atoms with E-state index in [2.05, 4.69) is 19.2 Å². The highest BCUT2D eigenvalue weighted by atomic mass is 16.4. The minimum absolute atomic E-state index is 0.00447. The molecule has 4 rings (SSSR count). The zero-order chi connectivity index (χ0) is 21.6. The highest BCUT2D eigenvalue weighted by molar-refractivity contribution is 6.07. The van der Waals surface area contributed by atoms with Gasteiger partial charge in [-0.3, -0.25) is 9.69 Å². The number of carbonyl (C=O) groups excluding carboxylic acids is 2. The van der Waals surface area contributed by atoms with Gasteiger partial charge in [-0.2, -0.15) is 0 Å². The van der Waals surface area contributed by atoms with Crippen molar-refractivity contribution in [2.24, 2.45) is 0 Å². The van der Waals surface area contributed by atoms with E-state index in [9.17, 15) is 14.4 Å². The van der Waals surface area contributed by atoms with Crippen LogP contribution in [-0.4, -0.2) is 16.8 Å². The van der Waals surface area contributed by atoms with Crippen LogP contribution in [-0.2, 0) is 16.9 Å². The van der Waals surface area contributed by atoms with Crippen molar-refractivity contribution in [3.63, 3.8) is 0 Å². The quantitative estimate of drug-likeness (QED) is 0.522. The Morgan fingerprint density at radius 2 is 1.73 bits per heavy atom. The Kier molecular flexibility index (Phi) is 4.73. The molecule has 1 fully saturated rings. The lowest BCUT2D eigenvalue weighted by Gasteiger charge is -2.23. The topological polar surface area (TPSA) is 79.6 Å². The molecule has 154 valence electrons. The Labute approximate surface area is 174 Å². The molecule has 1 aliphatic rings. The van der Waals surface area contributed by atoms with Crippen molar-refractivity contribution < 1.29 is 14.0 Å². The lowest BCUT2D eigenvalue weighted by molar-refractivity contribution is -0.131. The number of hydrogen-bond donors (Lipinski definition) is 1. The molecule has 0 unspecified atom stereocenters. The Morgan fingerprint density at radius 3 is 2.40 bits per heavy atom. The number of nitrogens with zero attached hydrogens (tertiary/aromatic N) is 1. The maximum absolute atomic E-state index is 13.3. The molecule has 0 spiro atoms. The third-order valence-electron chi connectivity index (χ3n) is 5.74. The number of carbonyl (C=O) groups is 2. The predicted octanol–water partition coefficient (Wildman–Crippen LogP) is 4.19. The van der Waals surface area contributed by atoms with Crippen LogP contribution < -0.4 is 10.9 Å². The molecule has 1 atom stereocenters. The summed E-state index contributed by atoms with van der Waals surface area (Å²) in [4.78, 5) is 39.2. The van der Waals surface area contributed by atoms with Crippen LogP contribution in [0.4, 0.5) is 4.79 Å². The van der Waals surface area contributed by atoms with Gasteiger partial charge in [0.15, 0.2) is 0 Å². The molecule has 1 saturated heterocycles. The van der Waals surface area contributed by atoms with Crippen LogP contribution in [0.5, 0.6) is 0 Å². The zero-order valence-electron chi connectivity index (χ0n) is 17.5. The summed E-state index contributed by atoms with van der Waals surface area (Å²) >= 11 is 0. The smallest absolute Gasteiger partial charge is 0.336 e. The van der Waals surface area contributed by atoms with Gasteiger partial charge in [-0.1, -0.05) is 50.2 Å². The number of amides is 3. The summed E-state index contributed by atoms with van der Waals surface area (Å²) in [7, 11) is 0. The van der Waals surface area contributed by atoms with E-state index < -0.39 is 17.2 Å². The number of rotatable bonds is 4. The van der Waals surface area contributed by atoms with Gasteiger partial charge < -0.3 is 9.73 Å². The van der Waals surface area contributed by atoms with Crippen LogP contribution >= 0.6 is 0 Å². The highest BCUT2D eigenvalue weighted by Gasteiger charge is 2.49. The van der Waals surface area contributed by atoms with E-state index in [0.717, 1.165) is 21.6 Å². The third kappa shape index (κ3) is 3.28. The summed E-state index contributed by atoms with van der Waals surface area (Å²) in [6, 6.07) is 14.1. The van der Waals surface area contributed by atoms with Crippen molar-refractivity contribution in [1.29, 1.82) is 0 Å². The van der Waals surface area contributed by atoms with Crippen LogP contribution in [0.3, 0.4) is 0 Å². The minimum Gasteiger partial charge on any atom is -0.423 e. The van der Waals surface area contributed by atoms with Gasteiger partial charge in [0.2, 0.25) is 0 Å². The Morgan fingerprint density at radius 1 is 1.03 bits per heavy atom. The predicted molar refractivity (Wildman–Crippen MR) is 114 cm³/mol. The van der Waals surface area contributed by atoms with E-state index in [0.29, 0.717) is 22.5 Å². The molecule has 6 nitrogen and oxygen atoms in total. The lowest BCUT2D eigenvalue weighted by atomic mass is 9.90. The Bertz CT molecular complexity index is 1210. The second-order valence-corrected chi connectivity index (χ2v) is 8.31. The van der Waals surface area contributed by atoms with Gasteiger partial charge in [-0.25, -0.2) is 9.59 Å². The number of aryl methyl sites for hydroxylation is 1. The molecular formula is C24H24N2O4. The van der Waals surface area contributed by atoms with Crippen LogP contribution in [0.15, 0.2) is 57.7 Å². The van der Waals surface area contributed by atoms with E-state index in [1.807, 2.05) is 43.3 Å². The van der Waals surface area contributed by atoms with Crippen molar-refractivity contribution in [3.05, 3.63) is 81.2 Å². The number of urea groups is 1. The molecule has 2 heterocycles. The van der Waals surface area contributed by atoms with Crippen molar-refractivity contribution in [3.8, 4) is 0 Å². The van der Waals surface area contributed by atoms with E-state index >= 15 is 0 Å². The average molecular weight is 404 g/mol. The zero-order valence-corrected chi connectivity index (χ0v) is 17.5. The first kappa shape index (κ1) is 19.9. The van der Waals surface area contributed by atoms with E-state index in [1.165, 1.54) is 6.07 Å². The van der Waals surface area contributed by atoms with E-state index in [4.69, 9.17) is 4.42 Å². The molecule has 0 aliphatic carbocycles. The van der Waals surface area contributed by atoms with Gasteiger partial charge >= 0.3 is 11.7 Å². The number of nitrogens with one attached hydrogen (secondary N) is 1. The van der Waals surface area contributed by atoms with Crippen molar-refractivity contribution in [2.45, 2.75) is 45.7 Å². The van der Waals surface area contributed by atoms with Crippen LogP contribution in [0.25, 0.3) is 11.0 Å². The molecule has 0 bridgehead atoms. The summed E-state index contributed by atoms with van der Waals surface area (Å²) in [5.41, 5.74) is 2.19. The first-order chi connectivity index (χ1) is 14.2. The summed E-state index contributed by atoms with van der Waals surface area (Å²) < 4.78 is 5.28. The number of hydrogen-bond acceptors (Lipinski definition) is 4. The molecule has 0 saturated carbocycles. The van der Waals surface area contributed by atoms with Crippen molar-refractivity contribution in [2.75, 3.05) is 0 Å². The number of fused-ring (bicyclic) bond motifs is 1. The fourth-order valence-electron chi connectivity index (χ4n) is 3.88. The monoisotopic (exact) mass is 404 g/mol. The van der Waals surface area contributed by atoms with Crippen molar-refractivity contribution >= 4 is 22.9 Å². The van der Waals surface area contributed by atoms with E-state index in [1.54, 1.807) is 13.0 Å². The molecule has 30 heavy (non-hydrogen) atoms. The van der Waals surface area contributed by atoms with Gasteiger partial charge in [0.05, 0.1) is 6.54 Å². The summed E-state index contributed by atoms with van der Waals surface area (Å²) in [5.74, 6) is 0.0252. The average Bonchev–Trinajstić information content (AvgIpc) is 2.91. The Balaban J connectivity index is 1.68.